The molecule has 0 rings (SSSR count). The maximum atomic E-state index is 12.0. The lowest BCUT2D eigenvalue weighted by molar-refractivity contribution is -0.131. The largest absolute Gasteiger partial charge is 0.299 e. The number of rotatable bonds is 6. The summed E-state index contributed by atoms with van der Waals surface area (Å²) < 4.78 is 0. The van der Waals surface area contributed by atoms with Crippen LogP contribution in [0.25, 0.3) is 0 Å². The van der Waals surface area contributed by atoms with E-state index in [1.807, 2.05) is 19.9 Å². The fourth-order valence-electron chi connectivity index (χ4n) is 2.20. The molecule has 0 aliphatic carbocycles. The smallest absolute Gasteiger partial charge is 0.141 e. The molecule has 1 atom stereocenters. The molecule has 0 aromatic carbocycles. The molecule has 0 aromatic heterocycles. The van der Waals surface area contributed by atoms with Crippen molar-refractivity contribution in [2.24, 2.45) is 17.3 Å². The zero-order chi connectivity index (χ0) is 11.4. The van der Waals surface area contributed by atoms with E-state index in [-0.39, 0.29) is 11.3 Å². The first-order valence-electron chi connectivity index (χ1n) is 5.48. The number of allylic oxidation sites excluding steroid dienone is 1. The molecule has 0 heterocycles. The molecule has 1 nitrogen and oxygen atoms in total. The zero-order valence-electron chi connectivity index (χ0n) is 10.3. The van der Waals surface area contributed by atoms with Crippen LogP contribution in [-0.2, 0) is 4.79 Å². The summed E-state index contributed by atoms with van der Waals surface area (Å²) in [6, 6.07) is 0. The van der Waals surface area contributed by atoms with Crippen molar-refractivity contribution in [1.29, 1.82) is 0 Å². The molecular weight excluding hydrogens is 172 g/mol. The number of hydrogen-bond donors (Lipinski definition) is 0. The summed E-state index contributed by atoms with van der Waals surface area (Å²) in [5.41, 5.74) is -0.204. The summed E-state index contributed by atoms with van der Waals surface area (Å²) >= 11 is 0. The van der Waals surface area contributed by atoms with E-state index in [2.05, 4.69) is 27.4 Å². The highest BCUT2D eigenvalue weighted by molar-refractivity contribution is 5.86. The molecule has 0 aromatic rings. The predicted molar refractivity (Wildman–Crippen MR) is 62.2 cm³/mol. The Kier molecular flexibility index (Phi) is 5.11. The third kappa shape index (κ3) is 3.65. The van der Waals surface area contributed by atoms with E-state index in [4.69, 9.17) is 0 Å². The Labute approximate surface area is 88.6 Å². The van der Waals surface area contributed by atoms with Crippen LogP contribution in [0.5, 0.6) is 0 Å². The van der Waals surface area contributed by atoms with Crippen molar-refractivity contribution in [2.75, 3.05) is 0 Å². The van der Waals surface area contributed by atoms with Crippen LogP contribution in [0.15, 0.2) is 12.7 Å². The highest BCUT2D eigenvalue weighted by atomic mass is 16.1. The minimum absolute atomic E-state index is 0.124. The molecule has 0 saturated heterocycles. The van der Waals surface area contributed by atoms with E-state index in [0.29, 0.717) is 11.7 Å². The van der Waals surface area contributed by atoms with E-state index >= 15 is 0 Å². The van der Waals surface area contributed by atoms with E-state index in [1.54, 1.807) is 0 Å². The van der Waals surface area contributed by atoms with Crippen LogP contribution in [0.1, 0.15) is 47.5 Å². The Hall–Kier alpha value is -0.590. The Bertz CT molecular complexity index is 203. The maximum absolute atomic E-state index is 12.0. The second kappa shape index (κ2) is 5.33. The molecule has 0 aliphatic heterocycles. The van der Waals surface area contributed by atoms with Crippen molar-refractivity contribution in [3.05, 3.63) is 12.7 Å². The third-order valence-corrected chi connectivity index (χ3v) is 2.57. The highest BCUT2D eigenvalue weighted by Crippen LogP contribution is 2.33. The lowest BCUT2D eigenvalue weighted by atomic mass is 9.72. The van der Waals surface area contributed by atoms with Crippen molar-refractivity contribution in [3.8, 4) is 0 Å². The molecule has 1 heteroatoms. The standard InChI is InChI=1S/C13H24O/c1-7-8-13(6,9-10(2)3)12(14)11(4)5/h7,10-11H,1,8-9H2,2-6H3. The van der Waals surface area contributed by atoms with E-state index in [1.165, 1.54) is 0 Å². The second-order valence-electron chi connectivity index (χ2n) is 5.17. The lowest BCUT2D eigenvalue weighted by Crippen LogP contribution is -2.32. The molecule has 0 spiro atoms. The van der Waals surface area contributed by atoms with Gasteiger partial charge in [0.05, 0.1) is 0 Å². The summed E-state index contributed by atoms with van der Waals surface area (Å²) in [4.78, 5) is 12.0. The van der Waals surface area contributed by atoms with Gasteiger partial charge in [0.25, 0.3) is 0 Å². The van der Waals surface area contributed by atoms with Crippen LogP contribution >= 0.6 is 0 Å². The molecule has 0 bridgehead atoms. The molecule has 14 heavy (non-hydrogen) atoms. The number of carbonyl (C=O) groups is 1. The molecule has 0 saturated carbocycles. The number of Topliss-reactive ketones (excluding diaryl/α,β-unsaturated/α-hetero) is 1. The van der Waals surface area contributed by atoms with Crippen molar-refractivity contribution < 1.29 is 4.79 Å². The van der Waals surface area contributed by atoms with Crippen LogP contribution in [0.4, 0.5) is 0 Å². The summed E-state index contributed by atoms with van der Waals surface area (Å²) in [5.74, 6) is 1.05. The van der Waals surface area contributed by atoms with E-state index in [9.17, 15) is 4.79 Å². The van der Waals surface area contributed by atoms with Gasteiger partial charge in [0.1, 0.15) is 5.78 Å². The quantitative estimate of drug-likeness (QED) is 0.590. The van der Waals surface area contributed by atoms with Crippen LogP contribution < -0.4 is 0 Å². The van der Waals surface area contributed by atoms with E-state index in [0.717, 1.165) is 12.8 Å². The van der Waals surface area contributed by atoms with Crippen molar-refractivity contribution in [1.82, 2.24) is 0 Å². The first kappa shape index (κ1) is 13.4. The Morgan fingerprint density at radius 1 is 1.36 bits per heavy atom. The molecular formula is C13H24O. The van der Waals surface area contributed by atoms with E-state index < -0.39 is 0 Å². The average Bonchev–Trinajstić information content (AvgIpc) is 2.01. The van der Waals surface area contributed by atoms with Crippen molar-refractivity contribution >= 4 is 5.78 Å². The third-order valence-electron chi connectivity index (χ3n) is 2.57. The van der Waals surface area contributed by atoms with Crippen LogP contribution in [0, 0.1) is 17.3 Å². The summed E-state index contributed by atoms with van der Waals surface area (Å²) in [6.45, 7) is 14.1. The molecule has 0 radical (unpaired) electrons. The number of hydrogen-bond acceptors (Lipinski definition) is 1. The highest BCUT2D eigenvalue weighted by Gasteiger charge is 2.33. The van der Waals surface area contributed by atoms with Gasteiger partial charge < -0.3 is 0 Å². The topological polar surface area (TPSA) is 17.1 Å². The minimum Gasteiger partial charge on any atom is -0.299 e. The predicted octanol–water partition coefficient (Wildman–Crippen LogP) is 3.84. The first-order valence-corrected chi connectivity index (χ1v) is 5.48. The van der Waals surface area contributed by atoms with Gasteiger partial charge in [-0.1, -0.05) is 40.7 Å². The fourth-order valence-corrected chi connectivity index (χ4v) is 2.20. The number of ketones is 1. The molecule has 1 unspecified atom stereocenters. The SMILES string of the molecule is C=CCC(C)(CC(C)C)C(=O)C(C)C. The monoisotopic (exact) mass is 196 g/mol. The van der Waals surface area contributed by atoms with Crippen molar-refractivity contribution in [2.45, 2.75) is 47.5 Å². The Morgan fingerprint density at radius 3 is 2.14 bits per heavy atom. The maximum Gasteiger partial charge on any atom is 0.141 e. The Morgan fingerprint density at radius 2 is 1.86 bits per heavy atom. The van der Waals surface area contributed by atoms with Gasteiger partial charge in [0.2, 0.25) is 0 Å². The minimum atomic E-state index is -0.204. The fraction of sp³-hybridized carbons (Fsp3) is 0.769. The van der Waals surface area contributed by atoms with Crippen LogP contribution in [-0.4, -0.2) is 5.78 Å². The molecule has 0 N–H and O–H groups in total. The van der Waals surface area contributed by atoms with Gasteiger partial charge in [-0.25, -0.2) is 0 Å². The molecule has 82 valence electrons. The van der Waals surface area contributed by atoms with Crippen LogP contribution in [0.2, 0.25) is 0 Å². The van der Waals surface area contributed by atoms with Gasteiger partial charge in [0, 0.05) is 11.3 Å². The van der Waals surface area contributed by atoms with Gasteiger partial charge in [-0.05, 0) is 18.8 Å². The first-order chi connectivity index (χ1) is 6.33. The number of carbonyl (C=O) groups excluding carboxylic acids is 1. The summed E-state index contributed by atoms with van der Waals surface area (Å²) in [6.07, 6.45) is 3.61. The molecule has 0 amide bonds. The Balaban J connectivity index is 4.69. The second-order valence-corrected chi connectivity index (χ2v) is 5.17. The van der Waals surface area contributed by atoms with Gasteiger partial charge >= 0.3 is 0 Å². The zero-order valence-corrected chi connectivity index (χ0v) is 10.3. The van der Waals surface area contributed by atoms with Gasteiger partial charge in [-0.3, -0.25) is 4.79 Å². The average molecular weight is 196 g/mol. The van der Waals surface area contributed by atoms with Crippen molar-refractivity contribution in [3.63, 3.8) is 0 Å². The normalized spacial score (nSPS) is 15.6. The summed E-state index contributed by atoms with van der Waals surface area (Å²) in [7, 11) is 0. The molecule has 0 aliphatic rings. The molecule has 0 fully saturated rings. The van der Waals surface area contributed by atoms with Gasteiger partial charge in [-0.15, -0.1) is 6.58 Å². The lowest BCUT2D eigenvalue weighted by Gasteiger charge is -2.30. The van der Waals surface area contributed by atoms with Gasteiger partial charge in [0.15, 0.2) is 0 Å². The van der Waals surface area contributed by atoms with Gasteiger partial charge in [-0.2, -0.15) is 0 Å². The van der Waals surface area contributed by atoms with Crippen LogP contribution in [0.3, 0.4) is 0 Å². The summed E-state index contributed by atoms with van der Waals surface area (Å²) in [5, 5.41) is 0.